The number of hydrogen-bond donors (Lipinski definition) is 1. The van der Waals surface area contributed by atoms with Crippen LogP contribution in [0.2, 0.25) is 5.02 Å². The number of nitrogens with one attached hydrogen (secondary N) is 1. The number of halogens is 2. The van der Waals surface area contributed by atoms with Gasteiger partial charge in [-0.15, -0.1) is 0 Å². The zero-order valence-electron chi connectivity index (χ0n) is 17.7. The van der Waals surface area contributed by atoms with Crippen molar-refractivity contribution in [3.63, 3.8) is 0 Å². The van der Waals surface area contributed by atoms with Gasteiger partial charge >= 0.3 is 0 Å². The Hall–Kier alpha value is -3.07. The predicted molar refractivity (Wildman–Crippen MR) is 138 cm³/mol. The molecule has 3 amide bonds. The van der Waals surface area contributed by atoms with Gasteiger partial charge in [0.1, 0.15) is 18.9 Å². The fourth-order valence-corrected chi connectivity index (χ4v) is 4.58. The number of benzene rings is 3. The van der Waals surface area contributed by atoms with Crippen molar-refractivity contribution in [3.8, 4) is 5.75 Å². The molecule has 4 rings (SSSR count). The molecule has 3 aromatic rings. The number of imide groups is 1. The zero-order chi connectivity index (χ0) is 24.1. The van der Waals surface area contributed by atoms with E-state index in [1.54, 1.807) is 48.5 Å². The lowest BCUT2D eigenvalue weighted by Crippen LogP contribution is -2.36. The molecular formula is C25H18BrClN2O4S. The van der Waals surface area contributed by atoms with Crippen molar-refractivity contribution >= 4 is 68.1 Å². The van der Waals surface area contributed by atoms with Crippen molar-refractivity contribution in [2.24, 2.45) is 0 Å². The minimum Gasteiger partial charge on any atom is -0.488 e. The molecule has 1 fully saturated rings. The summed E-state index contributed by atoms with van der Waals surface area (Å²) in [5.41, 5.74) is 2.02. The molecule has 0 radical (unpaired) electrons. The normalized spacial score (nSPS) is 14.5. The lowest BCUT2D eigenvalue weighted by molar-refractivity contribution is -0.127. The molecule has 0 bridgehead atoms. The maximum absolute atomic E-state index is 12.9. The summed E-state index contributed by atoms with van der Waals surface area (Å²) in [6.45, 7) is -0.130. The summed E-state index contributed by atoms with van der Waals surface area (Å²) < 4.78 is 6.74. The Kier molecular flexibility index (Phi) is 7.72. The molecule has 0 aliphatic carbocycles. The van der Waals surface area contributed by atoms with Crippen LogP contribution in [0.3, 0.4) is 0 Å². The summed E-state index contributed by atoms with van der Waals surface area (Å²) in [5, 5.41) is 2.76. The topological polar surface area (TPSA) is 75.7 Å². The molecule has 0 aromatic heterocycles. The second-order valence-corrected chi connectivity index (χ2v) is 9.56. The first-order valence-corrected chi connectivity index (χ1v) is 12.2. The Balaban J connectivity index is 1.49. The number of hydrogen-bond acceptors (Lipinski definition) is 5. The Morgan fingerprint density at radius 2 is 1.79 bits per heavy atom. The van der Waals surface area contributed by atoms with E-state index in [0.717, 1.165) is 26.7 Å². The van der Waals surface area contributed by atoms with Crippen LogP contribution in [0.25, 0.3) is 6.08 Å². The van der Waals surface area contributed by atoms with Crippen LogP contribution < -0.4 is 10.1 Å². The van der Waals surface area contributed by atoms with Crippen LogP contribution in [0, 0.1) is 0 Å². The average molecular weight is 558 g/mol. The van der Waals surface area contributed by atoms with Gasteiger partial charge in [-0.05, 0) is 54.2 Å². The van der Waals surface area contributed by atoms with Crippen LogP contribution in [0.15, 0.2) is 82.2 Å². The van der Waals surface area contributed by atoms with Crippen LogP contribution in [0.1, 0.15) is 11.1 Å². The van der Waals surface area contributed by atoms with Gasteiger partial charge in [-0.1, -0.05) is 63.9 Å². The molecule has 9 heteroatoms. The van der Waals surface area contributed by atoms with E-state index in [1.807, 2.05) is 30.3 Å². The molecule has 1 saturated heterocycles. The van der Waals surface area contributed by atoms with Gasteiger partial charge in [0, 0.05) is 26.3 Å². The summed E-state index contributed by atoms with van der Waals surface area (Å²) >= 11 is 10.4. The number of thioether (sulfide) groups is 1. The van der Waals surface area contributed by atoms with Gasteiger partial charge in [0.05, 0.1) is 4.91 Å². The highest BCUT2D eigenvalue weighted by molar-refractivity contribution is 9.10. The molecule has 1 heterocycles. The van der Waals surface area contributed by atoms with Crippen molar-refractivity contribution in [3.05, 3.63) is 98.3 Å². The molecule has 0 unspecified atom stereocenters. The van der Waals surface area contributed by atoms with E-state index in [2.05, 4.69) is 21.2 Å². The molecule has 0 saturated carbocycles. The summed E-state index contributed by atoms with van der Waals surface area (Å²) in [6.07, 6.45) is 1.59. The molecule has 6 nitrogen and oxygen atoms in total. The average Bonchev–Trinajstić information content (AvgIpc) is 3.07. The summed E-state index contributed by atoms with van der Waals surface area (Å²) in [6, 6.07) is 21.6. The first-order valence-electron chi connectivity index (χ1n) is 10.2. The monoisotopic (exact) mass is 556 g/mol. The van der Waals surface area contributed by atoms with E-state index in [9.17, 15) is 14.4 Å². The third-order valence-corrected chi connectivity index (χ3v) is 6.60. The third kappa shape index (κ3) is 5.88. The van der Waals surface area contributed by atoms with Gasteiger partial charge in [0.15, 0.2) is 0 Å². The Labute approximate surface area is 214 Å². The number of nitrogens with zero attached hydrogens (tertiary/aromatic N) is 1. The molecule has 0 spiro atoms. The largest absolute Gasteiger partial charge is 0.488 e. The van der Waals surface area contributed by atoms with Gasteiger partial charge in [0.25, 0.3) is 11.1 Å². The second kappa shape index (κ2) is 10.9. The van der Waals surface area contributed by atoms with E-state index in [0.29, 0.717) is 22.0 Å². The zero-order valence-corrected chi connectivity index (χ0v) is 20.8. The standard InChI is InChI=1S/C25H18BrClN2O4S/c26-18-10-11-21(33-15-16-6-4-5-9-20(16)27)17(12-18)13-22-24(31)29(25(32)34-22)14-23(30)28-19-7-2-1-3-8-19/h1-13H,14-15H2,(H,28,30)/b22-13+. The summed E-state index contributed by atoms with van der Waals surface area (Å²) in [7, 11) is 0. The smallest absolute Gasteiger partial charge is 0.294 e. The van der Waals surface area contributed by atoms with Crippen LogP contribution in [0.5, 0.6) is 5.75 Å². The molecule has 172 valence electrons. The van der Waals surface area contributed by atoms with Crippen LogP contribution in [-0.4, -0.2) is 28.5 Å². The highest BCUT2D eigenvalue weighted by atomic mass is 79.9. The second-order valence-electron chi connectivity index (χ2n) is 7.24. The lowest BCUT2D eigenvalue weighted by atomic mass is 10.1. The third-order valence-electron chi connectivity index (χ3n) is 4.83. The van der Waals surface area contributed by atoms with Crippen LogP contribution >= 0.6 is 39.3 Å². The van der Waals surface area contributed by atoms with Gasteiger partial charge < -0.3 is 10.1 Å². The molecule has 34 heavy (non-hydrogen) atoms. The number of ether oxygens (including phenoxy) is 1. The quantitative estimate of drug-likeness (QED) is 0.342. The Bertz CT molecular complexity index is 1280. The van der Waals surface area contributed by atoms with E-state index >= 15 is 0 Å². The van der Waals surface area contributed by atoms with Gasteiger partial charge in [-0.25, -0.2) is 0 Å². The van der Waals surface area contributed by atoms with Crippen molar-refractivity contribution in [2.45, 2.75) is 6.61 Å². The van der Waals surface area contributed by atoms with Gasteiger partial charge in [-0.3, -0.25) is 19.3 Å². The molecule has 3 aromatic carbocycles. The van der Waals surface area contributed by atoms with E-state index in [-0.39, 0.29) is 18.1 Å². The number of anilines is 1. The molecule has 0 atom stereocenters. The highest BCUT2D eigenvalue weighted by Crippen LogP contribution is 2.35. The minimum atomic E-state index is -0.532. The van der Waals surface area contributed by atoms with Crippen LogP contribution in [-0.2, 0) is 16.2 Å². The Morgan fingerprint density at radius 1 is 1.06 bits per heavy atom. The van der Waals surface area contributed by atoms with E-state index in [4.69, 9.17) is 16.3 Å². The first-order chi connectivity index (χ1) is 16.4. The van der Waals surface area contributed by atoms with Crippen molar-refractivity contribution in [1.29, 1.82) is 0 Å². The summed E-state index contributed by atoms with van der Waals surface area (Å²) in [5.74, 6) is -0.465. The van der Waals surface area contributed by atoms with Crippen molar-refractivity contribution in [1.82, 2.24) is 4.90 Å². The number of para-hydroxylation sites is 1. The number of carbonyl (C=O) groups excluding carboxylic acids is 3. The van der Waals surface area contributed by atoms with E-state index in [1.165, 1.54) is 0 Å². The Morgan fingerprint density at radius 3 is 2.56 bits per heavy atom. The van der Waals surface area contributed by atoms with Crippen molar-refractivity contribution in [2.75, 3.05) is 11.9 Å². The molecular weight excluding hydrogens is 540 g/mol. The number of carbonyl (C=O) groups is 3. The fraction of sp³-hybridized carbons (Fsp3) is 0.0800. The number of rotatable bonds is 7. The minimum absolute atomic E-state index is 0.207. The fourth-order valence-electron chi connectivity index (χ4n) is 3.18. The van der Waals surface area contributed by atoms with Crippen molar-refractivity contribution < 1.29 is 19.1 Å². The van der Waals surface area contributed by atoms with Gasteiger partial charge in [-0.2, -0.15) is 0 Å². The lowest BCUT2D eigenvalue weighted by Gasteiger charge is -2.13. The van der Waals surface area contributed by atoms with Gasteiger partial charge in [0.2, 0.25) is 5.91 Å². The van der Waals surface area contributed by atoms with Crippen LogP contribution in [0.4, 0.5) is 10.5 Å². The number of amides is 3. The SMILES string of the molecule is O=C(CN1C(=O)S/C(=C/c2cc(Br)ccc2OCc2ccccc2Cl)C1=O)Nc1ccccc1. The molecule has 1 aliphatic heterocycles. The summed E-state index contributed by atoms with van der Waals surface area (Å²) in [4.78, 5) is 38.8. The predicted octanol–water partition coefficient (Wildman–Crippen LogP) is 6.36. The molecule has 1 N–H and O–H groups in total. The highest BCUT2D eigenvalue weighted by Gasteiger charge is 2.36. The maximum Gasteiger partial charge on any atom is 0.294 e. The molecule has 1 aliphatic rings. The first kappa shape index (κ1) is 24.1. The maximum atomic E-state index is 12.9. The van der Waals surface area contributed by atoms with E-state index < -0.39 is 17.1 Å².